The van der Waals surface area contributed by atoms with Gasteiger partial charge in [-0.25, -0.2) is 16.8 Å². The molecule has 0 fully saturated rings. The van der Waals surface area contributed by atoms with E-state index in [9.17, 15) is 21.6 Å². The summed E-state index contributed by atoms with van der Waals surface area (Å²) < 4.78 is 48.7. The fourth-order valence-corrected chi connectivity index (χ4v) is 5.40. The van der Waals surface area contributed by atoms with E-state index in [1.54, 1.807) is 6.92 Å². The average molecular weight is 367 g/mol. The second-order valence-electron chi connectivity index (χ2n) is 5.03. The molecule has 0 saturated carbocycles. The lowest BCUT2D eigenvalue weighted by Crippen LogP contribution is -2.14. The predicted molar refractivity (Wildman–Crippen MR) is 86.1 cm³/mol. The number of carbonyl (C=O) groups excluding carboxylic acids is 1. The van der Waals surface area contributed by atoms with Crippen LogP contribution in [0.25, 0.3) is 0 Å². The van der Waals surface area contributed by atoms with Crippen LogP contribution >= 0.6 is 11.6 Å². The molecule has 0 saturated heterocycles. The Balaban J connectivity index is 3.73. The van der Waals surface area contributed by atoms with Crippen LogP contribution in [0.5, 0.6) is 0 Å². The molecule has 1 rings (SSSR count). The first-order valence-electron chi connectivity index (χ1n) is 6.84. The Hall–Kier alpha value is -0.920. The number of aryl methyl sites for hydroxylation is 1. The van der Waals surface area contributed by atoms with Gasteiger partial charge in [-0.05, 0) is 42.1 Å². The maximum atomic E-state index is 12.4. The molecule has 0 atom stereocenters. The highest BCUT2D eigenvalue weighted by Crippen LogP contribution is 2.28. The van der Waals surface area contributed by atoms with Gasteiger partial charge in [0.2, 0.25) is 0 Å². The second kappa shape index (κ2) is 7.10. The van der Waals surface area contributed by atoms with Crippen molar-refractivity contribution in [3.8, 4) is 0 Å². The Kier molecular flexibility index (Phi) is 6.18. The molecule has 0 N–H and O–H groups in total. The highest BCUT2D eigenvalue weighted by Gasteiger charge is 2.26. The minimum atomic E-state index is -3.81. The standard InChI is InChI=1S/C14H19ClO5S2/c1-4-6-7-22(19,20)13-8-10(5-2)11(14(15)16)9-12(13)21(3,17)18/h8-9H,4-7H2,1-3H3. The van der Waals surface area contributed by atoms with Crippen LogP contribution in [-0.2, 0) is 26.1 Å². The van der Waals surface area contributed by atoms with Crippen LogP contribution in [0, 0.1) is 0 Å². The minimum absolute atomic E-state index is 0.0269. The summed E-state index contributed by atoms with van der Waals surface area (Å²) in [6, 6.07) is 2.33. The molecular weight excluding hydrogens is 348 g/mol. The molecular formula is C14H19ClO5S2. The van der Waals surface area contributed by atoms with Crippen molar-refractivity contribution in [1.29, 1.82) is 0 Å². The van der Waals surface area contributed by atoms with Crippen LogP contribution in [0.3, 0.4) is 0 Å². The van der Waals surface area contributed by atoms with E-state index in [2.05, 4.69) is 0 Å². The quantitative estimate of drug-likeness (QED) is 0.692. The van der Waals surface area contributed by atoms with Crippen LogP contribution < -0.4 is 0 Å². The number of halogens is 1. The van der Waals surface area contributed by atoms with Crippen molar-refractivity contribution in [3.63, 3.8) is 0 Å². The Morgan fingerprint density at radius 2 is 1.68 bits per heavy atom. The summed E-state index contributed by atoms with van der Waals surface area (Å²) in [6.45, 7) is 3.58. The molecule has 0 aliphatic rings. The van der Waals surface area contributed by atoms with Crippen LogP contribution in [0.4, 0.5) is 0 Å². The number of sulfone groups is 2. The van der Waals surface area contributed by atoms with E-state index in [-0.39, 0.29) is 21.1 Å². The molecule has 124 valence electrons. The van der Waals surface area contributed by atoms with Crippen LogP contribution in [0.15, 0.2) is 21.9 Å². The fourth-order valence-electron chi connectivity index (χ4n) is 2.05. The van der Waals surface area contributed by atoms with E-state index in [1.807, 2.05) is 6.92 Å². The third-order valence-corrected chi connectivity index (χ3v) is 6.57. The summed E-state index contributed by atoms with van der Waals surface area (Å²) in [6.07, 6.45) is 2.39. The summed E-state index contributed by atoms with van der Waals surface area (Å²) in [5.74, 6) is -0.136. The Morgan fingerprint density at radius 3 is 2.09 bits per heavy atom. The van der Waals surface area contributed by atoms with Crippen LogP contribution in [0.2, 0.25) is 0 Å². The van der Waals surface area contributed by atoms with Gasteiger partial charge in [0.25, 0.3) is 5.24 Å². The van der Waals surface area contributed by atoms with Crippen molar-refractivity contribution in [2.45, 2.75) is 42.9 Å². The van der Waals surface area contributed by atoms with Gasteiger partial charge < -0.3 is 0 Å². The summed E-state index contributed by atoms with van der Waals surface area (Å²) in [4.78, 5) is 10.8. The lowest BCUT2D eigenvalue weighted by molar-refractivity contribution is 0.108. The molecule has 0 unspecified atom stereocenters. The van der Waals surface area contributed by atoms with E-state index >= 15 is 0 Å². The Bertz CT molecular complexity index is 780. The molecule has 0 aromatic heterocycles. The van der Waals surface area contributed by atoms with E-state index in [0.29, 0.717) is 24.8 Å². The Labute approximate surface area is 136 Å². The zero-order valence-corrected chi connectivity index (χ0v) is 15.1. The van der Waals surface area contributed by atoms with Crippen molar-refractivity contribution in [2.75, 3.05) is 12.0 Å². The van der Waals surface area contributed by atoms with Crippen molar-refractivity contribution in [1.82, 2.24) is 0 Å². The molecule has 0 radical (unpaired) electrons. The first kappa shape index (κ1) is 19.1. The smallest absolute Gasteiger partial charge is 0.252 e. The van der Waals surface area contributed by atoms with E-state index in [1.165, 1.54) is 6.07 Å². The maximum absolute atomic E-state index is 12.4. The third-order valence-electron chi connectivity index (χ3n) is 3.26. The number of hydrogen-bond acceptors (Lipinski definition) is 5. The average Bonchev–Trinajstić information content (AvgIpc) is 2.42. The van der Waals surface area contributed by atoms with Crippen molar-refractivity contribution in [2.24, 2.45) is 0 Å². The third kappa shape index (κ3) is 4.30. The lowest BCUT2D eigenvalue weighted by Gasteiger charge is -2.13. The second-order valence-corrected chi connectivity index (χ2v) is 9.43. The highest BCUT2D eigenvalue weighted by molar-refractivity contribution is 7.94. The highest BCUT2D eigenvalue weighted by atomic mass is 35.5. The van der Waals surface area contributed by atoms with Crippen molar-refractivity contribution < 1.29 is 21.6 Å². The van der Waals surface area contributed by atoms with Gasteiger partial charge in [-0.3, -0.25) is 4.79 Å². The van der Waals surface area contributed by atoms with Gasteiger partial charge in [0.05, 0.1) is 15.5 Å². The van der Waals surface area contributed by atoms with Crippen LogP contribution in [-0.4, -0.2) is 34.1 Å². The number of carbonyl (C=O) groups is 1. The molecule has 1 aromatic rings. The van der Waals surface area contributed by atoms with E-state index < -0.39 is 24.9 Å². The number of rotatable bonds is 7. The van der Waals surface area contributed by atoms with Gasteiger partial charge in [-0.1, -0.05) is 20.3 Å². The molecule has 0 aliphatic heterocycles. The van der Waals surface area contributed by atoms with Gasteiger partial charge in [0.1, 0.15) is 0 Å². The molecule has 0 amide bonds. The molecule has 0 spiro atoms. The number of benzene rings is 1. The van der Waals surface area contributed by atoms with Crippen molar-refractivity contribution >= 4 is 36.5 Å². The topological polar surface area (TPSA) is 85.3 Å². The fraction of sp³-hybridized carbons (Fsp3) is 0.500. The lowest BCUT2D eigenvalue weighted by atomic mass is 10.1. The predicted octanol–water partition coefficient (Wildman–Crippen LogP) is 2.61. The van der Waals surface area contributed by atoms with Gasteiger partial charge in [0, 0.05) is 11.8 Å². The van der Waals surface area contributed by atoms with Gasteiger partial charge in [-0.15, -0.1) is 0 Å². The normalized spacial score (nSPS) is 12.4. The van der Waals surface area contributed by atoms with Gasteiger partial charge >= 0.3 is 0 Å². The van der Waals surface area contributed by atoms with E-state index in [0.717, 1.165) is 12.3 Å². The molecule has 22 heavy (non-hydrogen) atoms. The van der Waals surface area contributed by atoms with E-state index in [4.69, 9.17) is 11.6 Å². The molecule has 1 aromatic carbocycles. The SMILES string of the molecule is CCCCS(=O)(=O)c1cc(CC)c(C(=O)Cl)cc1S(C)(=O)=O. The van der Waals surface area contributed by atoms with Crippen molar-refractivity contribution in [3.05, 3.63) is 23.3 Å². The zero-order valence-electron chi connectivity index (χ0n) is 12.7. The maximum Gasteiger partial charge on any atom is 0.252 e. The Morgan fingerprint density at radius 1 is 1.09 bits per heavy atom. The summed E-state index contributed by atoms with van der Waals surface area (Å²) in [5.41, 5.74) is 0.446. The molecule has 0 aliphatic carbocycles. The largest absolute Gasteiger partial charge is 0.276 e. The molecule has 8 heteroatoms. The van der Waals surface area contributed by atoms with Gasteiger partial charge in [0.15, 0.2) is 19.7 Å². The summed E-state index contributed by atoms with van der Waals surface area (Å²) in [7, 11) is -7.56. The molecule has 0 bridgehead atoms. The van der Waals surface area contributed by atoms with Gasteiger partial charge in [-0.2, -0.15) is 0 Å². The number of unbranched alkanes of at least 4 members (excludes halogenated alkanes) is 1. The summed E-state index contributed by atoms with van der Waals surface area (Å²) in [5, 5.41) is -0.806. The molecule has 5 nitrogen and oxygen atoms in total. The summed E-state index contributed by atoms with van der Waals surface area (Å²) >= 11 is 5.48. The molecule has 0 heterocycles. The van der Waals surface area contributed by atoms with Crippen LogP contribution in [0.1, 0.15) is 42.6 Å². The first-order valence-corrected chi connectivity index (χ1v) is 10.8. The zero-order chi connectivity index (χ0) is 17.1. The number of hydrogen-bond donors (Lipinski definition) is 0. The monoisotopic (exact) mass is 366 g/mol. The minimum Gasteiger partial charge on any atom is -0.276 e. The first-order chi connectivity index (χ1) is 10.0.